The highest BCUT2D eigenvalue weighted by Crippen LogP contribution is 2.04. The van der Waals surface area contributed by atoms with Gasteiger partial charge < -0.3 is 10.5 Å². The normalized spacial score (nSPS) is 11.6. The molecule has 0 spiro atoms. The lowest BCUT2D eigenvalue weighted by molar-refractivity contribution is -0.142. The summed E-state index contributed by atoms with van der Waals surface area (Å²) >= 11 is 0. The van der Waals surface area contributed by atoms with Gasteiger partial charge >= 0.3 is 5.97 Å². The molecule has 0 rings (SSSR count). The Bertz CT molecular complexity index is 131. The first-order valence-electron chi connectivity index (χ1n) is 4.55. The van der Waals surface area contributed by atoms with Gasteiger partial charge in [0.15, 0.2) is 0 Å². The van der Waals surface area contributed by atoms with Crippen molar-refractivity contribution in [3.05, 3.63) is 0 Å². The fourth-order valence-corrected chi connectivity index (χ4v) is 1.06. The van der Waals surface area contributed by atoms with Gasteiger partial charge in [-0.1, -0.05) is 32.6 Å². The third-order valence-corrected chi connectivity index (χ3v) is 1.87. The van der Waals surface area contributed by atoms with Crippen molar-refractivity contribution < 1.29 is 9.53 Å². The van der Waals surface area contributed by atoms with Crippen LogP contribution in [0.15, 0.2) is 0 Å². The van der Waals surface area contributed by atoms with Crippen molar-refractivity contribution in [1.29, 1.82) is 0 Å². The van der Waals surface area contributed by atoms with Crippen molar-refractivity contribution >= 4 is 18.4 Å². The number of esters is 1. The Balaban J connectivity index is 0. The Morgan fingerprint density at radius 2 is 2.00 bits per heavy atom. The van der Waals surface area contributed by atoms with E-state index in [1.54, 1.807) is 0 Å². The van der Waals surface area contributed by atoms with Gasteiger partial charge in [0.1, 0.15) is 6.04 Å². The molecule has 0 saturated heterocycles. The Morgan fingerprint density at radius 3 is 2.46 bits per heavy atom. The highest BCUT2D eigenvalue weighted by atomic mass is 35.5. The van der Waals surface area contributed by atoms with E-state index in [0.29, 0.717) is 0 Å². The molecule has 3 nitrogen and oxygen atoms in total. The summed E-state index contributed by atoms with van der Waals surface area (Å²) in [6, 6.07) is -0.424. The molecular formula is C9H20ClNO2. The molecule has 0 fully saturated rings. The number of unbranched alkanes of at least 4 members (excludes halogenated alkanes) is 3. The van der Waals surface area contributed by atoms with Gasteiger partial charge in [-0.2, -0.15) is 0 Å². The predicted molar refractivity (Wildman–Crippen MR) is 56.0 cm³/mol. The lowest BCUT2D eigenvalue weighted by Crippen LogP contribution is -2.31. The molecule has 0 aliphatic heterocycles. The zero-order valence-corrected chi connectivity index (χ0v) is 9.23. The van der Waals surface area contributed by atoms with Crippen molar-refractivity contribution in [3.63, 3.8) is 0 Å². The Morgan fingerprint density at radius 1 is 1.38 bits per heavy atom. The van der Waals surface area contributed by atoms with Crippen molar-refractivity contribution in [2.24, 2.45) is 5.73 Å². The highest BCUT2D eigenvalue weighted by molar-refractivity contribution is 5.85. The molecule has 80 valence electrons. The largest absolute Gasteiger partial charge is 0.468 e. The molecule has 13 heavy (non-hydrogen) atoms. The van der Waals surface area contributed by atoms with Crippen LogP contribution >= 0.6 is 12.4 Å². The number of carbonyl (C=O) groups excluding carboxylic acids is 1. The molecule has 0 aliphatic carbocycles. The Kier molecular flexibility index (Phi) is 11.5. The summed E-state index contributed by atoms with van der Waals surface area (Å²) in [4.78, 5) is 10.8. The number of halogens is 1. The number of carbonyl (C=O) groups is 1. The van der Waals surface area contributed by atoms with Crippen LogP contribution in [0.1, 0.15) is 39.0 Å². The lowest BCUT2D eigenvalue weighted by Gasteiger charge is -2.07. The third-order valence-electron chi connectivity index (χ3n) is 1.87. The Labute approximate surface area is 86.4 Å². The molecular weight excluding hydrogens is 190 g/mol. The Hall–Kier alpha value is -0.280. The molecule has 0 aromatic rings. The van der Waals surface area contributed by atoms with E-state index in [1.807, 2.05) is 0 Å². The van der Waals surface area contributed by atoms with Crippen LogP contribution in [0.25, 0.3) is 0 Å². The number of methoxy groups -OCH3 is 1. The number of ether oxygens (including phenoxy) is 1. The minimum Gasteiger partial charge on any atom is -0.468 e. The SMILES string of the molecule is CCCCCCC(N)C(=O)OC.Cl. The number of nitrogens with two attached hydrogens (primary N) is 1. The fourth-order valence-electron chi connectivity index (χ4n) is 1.06. The van der Waals surface area contributed by atoms with Gasteiger partial charge in [-0.15, -0.1) is 12.4 Å². The first-order valence-corrected chi connectivity index (χ1v) is 4.55. The van der Waals surface area contributed by atoms with E-state index in [-0.39, 0.29) is 18.4 Å². The smallest absolute Gasteiger partial charge is 0.322 e. The fraction of sp³-hybridized carbons (Fsp3) is 0.889. The molecule has 0 aromatic heterocycles. The summed E-state index contributed by atoms with van der Waals surface area (Å²) in [6.07, 6.45) is 5.33. The molecule has 0 radical (unpaired) electrons. The van der Waals surface area contributed by atoms with Gasteiger partial charge in [0.05, 0.1) is 7.11 Å². The molecule has 0 aromatic carbocycles. The second-order valence-electron chi connectivity index (χ2n) is 2.98. The molecule has 0 amide bonds. The molecule has 1 atom stereocenters. The van der Waals surface area contributed by atoms with Crippen molar-refractivity contribution in [2.75, 3.05) is 7.11 Å². The van der Waals surface area contributed by atoms with Crippen LogP contribution in [-0.4, -0.2) is 19.1 Å². The van der Waals surface area contributed by atoms with Crippen LogP contribution in [0, 0.1) is 0 Å². The van der Waals surface area contributed by atoms with E-state index in [9.17, 15) is 4.79 Å². The van der Waals surface area contributed by atoms with E-state index in [4.69, 9.17) is 5.73 Å². The standard InChI is InChI=1S/C9H19NO2.ClH/c1-3-4-5-6-7-8(10)9(11)12-2;/h8H,3-7,10H2,1-2H3;1H. The molecule has 1 unspecified atom stereocenters. The summed E-state index contributed by atoms with van der Waals surface area (Å²) < 4.78 is 4.51. The second-order valence-corrected chi connectivity index (χ2v) is 2.98. The monoisotopic (exact) mass is 209 g/mol. The summed E-state index contributed by atoms with van der Waals surface area (Å²) in [7, 11) is 1.37. The molecule has 0 saturated carbocycles. The second kappa shape index (κ2) is 9.81. The summed E-state index contributed by atoms with van der Waals surface area (Å²) in [6.45, 7) is 2.15. The van der Waals surface area contributed by atoms with E-state index >= 15 is 0 Å². The maximum atomic E-state index is 10.8. The summed E-state index contributed by atoms with van der Waals surface area (Å²) in [5.41, 5.74) is 5.54. The van der Waals surface area contributed by atoms with Gasteiger partial charge in [0, 0.05) is 0 Å². The van der Waals surface area contributed by atoms with Crippen molar-refractivity contribution in [2.45, 2.75) is 45.1 Å². The van der Waals surface area contributed by atoms with E-state index in [2.05, 4.69) is 11.7 Å². The number of hydrogen-bond acceptors (Lipinski definition) is 3. The summed E-state index contributed by atoms with van der Waals surface area (Å²) in [5, 5.41) is 0. The van der Waals surface area contributed by atoms with Crippen molar-refractivity contribution in [3.8, 4) is 0 Å². The lowest BCUT2D eigenvalue weighted by atomic mass is 10.1. The van der Waals surface area contributed by atoms with Gasteiger partial charge in [0.25, 0.3) is 0 Å². The predicted octanol–water partition coefficient (Wildman–Crippen LogP) is 1.88. The highest BCUT2D eigenvalue weighted by Gasteiger charge is 2.11. The third kappa shape index (κ3) is 8.06. The van der Waals surface area contributed by atoms with Gasteiger partial charge in [-0.05, 0) is 6.42 Å². The molecule has 2 N–H and O–H groups in total. The summed E-state index contributed by atoms with van der Waals surface area (Å²) in [5.74, 6) is -0.300. The van der Waals surface area contributed by atoms with Crippen molar-refractivity contribution in [1.82, 2.24) is 0 Å². The zero-order chi connectivity index (χ0) is 9.40. The number of hydrogen-bond donors (Lipinski definition) is 1. The van der Waals surface area contributed by atoms with Gasteiger partial charge in [-0.25, -0.2) is 0 Å². The maximum Gasteiger partial charge on any atom is 0.322 e. The molecule has 0 bridgehead atoms. The average molecular weight is 210 g/mol. The van der Waals surface area contributed by atoms with Crippen LogP contribution in [0.3, 0.4) is 0 Å². The van der Waals surface area contributed by atoms with Crippen LogP contribution in [0.4, 0.5) is 0 Å². The van der Waals surface area contributed by atoms with E-state index in [1.165, 1.54) is 20.0 Å². The average Bonchev–Trinajstić information content (AvgIpc) is 2.10. The topological polar surface area (TPSA) is 52.3 Å². The first kappa shape index (κ1) is 15.2. The minimum absolute atomic E-state index is 0. The first-order chi connectivity index (χ1) is 5.72. The maximum absolute atomic E-state index is 10.8. The van der Waals surface area contributed by atoms with Crippen LogP contribution in [0.2, 0.25) is 0 Å². The quantitative estimate of drug-likeness (QED) is 0.537. The van der Waals surface area contributed by atoms with Crippen LogP contribution in [0.5, 0.6) is 0 Å². The van der Waals surface area contributed by atoms with Crippen LogP contribution in [-0.2, 0) is 9.53 Å². The zero-order valence-electron chi connectivity index (χ0n) is 8.41. The van der Waals surface area contributed by atoms with Crippen LogP contribution < -0.4 is 5.73 Å². The minimum atomic E-state index is -0.424. The molecule has 4 heteroatoms. The number of rotatable bonds is 6. The van der Waals surface area contributed by atoms with E-state index in [0.717, 1.165) is 19.3 Å². The van der Waals surface area contributed by atoms with E-state index < -0.39 is 6.04 Å². The molecule has 0 aliphatic rings. The molecule has 0 heterocycles. The van der Waals surface area contributed by atoms with Gasteiger partial charge in [0.2, 0.25) is 0 Å². The van der Waals surface area contributed by atoms with Gasteiger partial charge in [-0.3, -0.25) is 4.79 Å².